The predicted octanol–water partition coefficient (Wildman–Crippen LogP) is 3.77. The molecule has 1 aliphatic rings. The largest absolute Gasteiger partial charge is 0.468 e. The molecular weight excluding hydrogens is 250 g/mol. The van der Waals surface area contributed by atoms with Crippen LogP contribution in [0.15, 0.2) is 0 Å². The lowest BCUT2D eigenvalue weighted by molar-refractivity contribution is -0.144. The lowest BCUT2D eigenvalue weighted by atomic mass is 9.69. The third-order valence-electron chi connectivity index (χ3n) is 4.49. The van der Waals surface area contributed by atoms with Gasteiger partial charge in [-0.05, 0) is 36.5 Å². The Morgan fingerprint density at radius 2 is 1.85 bits per heavy atom. The molecule has 3 atom stereocenters. The Kier molecular flexibility index (Phi) is 6.50. The van der Waals surface area contributed by atoms with Crippen LogP contribution in [0.2, 0.25) is 0 Å². The van der Waals surface area contributed by atoms with Crippen LogP contribution in [0.3, 0.4) is 0 Å². The highest BCUT2D eigenvalue weighted by Gasteiger charge is 2.36. The summed E-state index contributed by atoms with van der Waals surface area (Å²) in [6.07, 6.45) is 5.86. The number of hydrogen-bond acceptors (Lipinski definition) is 3. The molecule has 0 aromatic heterocycles. The van der Waals surface area contributed by atoms with Crippen LogP contribution in [0.25, 0.3) is 0 Å². The van der Waals surface area contributed by atoms with E-state index in [9.17, 15) is 4.79 Å². The van der Waals surface area contributed by atoms with Crippen LogP contribution in [0.5, 0.6) is 0 Å². The van der Waals surface area contributed by atoms with E-state index >= 15 is 0 Å². The van der Waals surface area contributed by atoms with Crippen molar-refractivity contribution in [3.05, 3.63) is 0 Å². The number of carbonyl (C=O) groups is 1. The van der Waals surface area contributed by atoms with Gasteiger partial charge in [0.15, 0.2) is 0 Å². The second kappa shape index (κ2) is 7.44. The molecule has 0 saturated heterocycles. The molecule has 1 N–H and O–H groups in total. The summed E-state index contributed by atoms with van der Waals surface area (Å²) in [5.74, 6) is 1.01. The van der Waals surface area contributed by atoms with Gasteiger partial charge in [-0.1, -0.05) is 47.5 Å². The van der Waals surface area contributed by atoms with E-state index in [1.54, 1.807) is 0 Å². The van der Waals surface area contributed by atoms with Gasteiger partial charge in [0.1, 0.15) is 6.04 Å². The summed E-state index contributed by atoms with van der Waals surface area (Å²) >= 11 is 0. The van der Waals surface area contributed by atoms with Crippen molar-refractivity contribution in [2.75, 3.05) is 7.11 Å². The molecule has 0 aromatic rings. The van der Waals surface area contributed by atoms with Crippen molar-refractivity contribution >= 4 is 5.97 Å². The molecule has 0 bridgehead atoms. The first-order valence-electron chi connectivity index (χ1n) is 8.09. The number of rotatable bonds is 5. The Labute approximate surface area is 124 Å². The molecule has 3 nitrogen and oxygen atoms in total. The zero-order valence-corrected chi connectivity index (χ0v) is 14.2. The van der Waals surface area contributed by atoms with E-state index < -0.39 is 0 Å². The minimum absolute atomic E-state index is 0.114. The Morgan fingerprint density at radius 1 is 1.25 bits per heavy atom. The van der Waals surface area contributed by atoms with Gasteiger partial charge in [0, 0.05) is 6.04 Å². The van der Waals surface area contributed by atoms with Gasteiger partial charge in [-0.25, -0.2) is 0 Å². The van der Waals surface area contributed by atoms with E-state index in [1.165, 1.54) is 32.8 Å². The Morgan fingerprint density at radius 3 is 2.35 bits per heavy atom. The molecule has 1 aliphatic carbocycles. The quantitative estimate of drug-likeness (QED) is 0.781. The Bertz CT molecular complexity index is 307. The molecule has 0 amide bonds. The topological polar surface area (TPSA) is 38.3 Å². The van der Waals surface area contributed by atoms with Crippen molar-refractivity contribution in [2.45, 2.75) is 78.8 Å². The van der Waals surface area contributed by atoms with Gasteiger partial charge < -0.3 is 10.1 Å². The van der Waals surface area contributed by atoms with Crippen molar-refractivity contribution in [3.63, 3.8) is 0 Å². The van der Waals surface area contributed by atoms with E-state index in [-0.39, 0.29) is 17.4 Å². The number of carbonyl (C=O) groups excluding carboxylic acids is 1. The summed E-state index contributed by atoms with van der Waals surface area (Å²) in [6, 6.07) is 0.277. The SMILES string of the molecule is COC(=O)C(CC(C)C)NC1CCCCC1C(C)(C)C. The van der Waals surface area contributed by atoms with Gasteiger partial charge in [0.05, 0.1) is 7.11 Å². The van der Waals surface area contributed by atoms with E-state index in [4.69, 9.17) is 4.74 Å². The minimum Gasteiger partial charge on any atom is -0.468 e. The van der Waals surface area contributed by atoms with Crippen molar-refractivity contribution in [1.82, 2.24) is 5.32 Å². The molecule has 118 valence electrons. The highest BCUT2D eigenvalue weighted by Crippen LogP contribution is 2.38. The van der Waals surface area contributed by atoms with Crippen LogP contribution in [0, 0.1) is 17.3 Å². The highest BCUT2D eigenvalue weighted by molar-refractivity contribution is 5.75. The van der Waals surface area contributed by atoms with Gasteiger partial charge in [-0.15, -0.1) is 0 Å². The van der Waals surface area contributed by atoms with Crippen molar-refractivity contribution in [2.24, 2.45) is 17.3 Å². The van der Waals surface area contributed by atoms with Crippen LogP contribution < -0.4 is 5.32 Å². The summed E-state index contributed by atoms with van der Waals surface area (Å²) < 4.78 is 4.97. The highest BCUT2D eigenvalue weighted by atomic mass is 16.5. The average molecular weight is 283 g/mol. The van der Waals surface area contributed by atoms with Crippen LogP contribution in [0.1, 0.15) is 66.7 Å². The molecule has 1 saturated carbocycles. The first-order chi connectivity index (χ1) is 9.25. The van der Waals surface area contributed by atoms with E-state index in [0.717, 1.165) is 6.42 Å². The van der Waals surface area contributed by atoms with Crippen LogP contribution in [-0.4, -0.2) is 25.2 Å². The maximum Gasteiger partial charge on any atom is 0.322 e. The molecule has 0 heterocycles. The monoisotopic (exact) mass is 283 g/mol. The van der Waals surface area contributed by atoms with Crippen molar-refractivity contribution in [3.8, 4) is 0 Å². The lowest BCUT2D eigenvalue weighted by Gasteiger charge is -2.42. The van der Waals surface area contributed by atoms with Crippen molar-refractivity contribution < 1.29 is 9.53 Å². The van der Waals surface area contributed by atoms with Crippen LogP contribution >= 0.6 is 0 Å². The normalized spacial score (nSPS) is 25.6. The molecule has 3 unspecified atom stereocenters. The molecule has 20 heavy (non-hydrogen) atoms. The standard InChI is InChI=1S/C17H33NO2/c1-12(2)11-15(16(19)20-6)18-14-10-8-7-9-13(14)17(3,4)5/h12-15,18H,7-11H2,1-6H3. The van der Waals surface area contributed by atoms with Gasteiger partial charge >= 0.3 is 5.97 Å². The number of nitrogens with one attached hydrogen (secondary N) is 1. The minimum atomic E-state index is -0.159. The second-order valence-electron chi connectivity index (χ2n) is 7.74. The maximum atomic E-state index is 12.0. The predicted molar refractivity (Wildman–Crippen MR) is 83.6 cm³/mol. The maximum absolute atomic E-state index is 12.0. The summed E-state index contributed by atoms with van der Waals surface area (Å²) in [5, 5.41) is 3.62. The summed E-state index contributed by atoms with van der Waals surface area (Å²) in [4.78, 5) is 12.0. The fraction of sp³-hybridized carbons (Fsp3) is 0.941. The number of ether oxygens (including phenoxy) is 1. The first-order valence-corrected chi connectivity index (χ1v) is 8.09. The second-order valence-corrected chi connectivity index (χ2v) is 7.74. The fourth-order valence-electron chi connectivity index (χ4n) is 3.47. The third kappa shape index (κ3) is 5.08. The van der Waals surface area contributed by atoms with Gasteiger partial charge in [-0.3, -0.25) is 4.79 Å². The summed E-state index contributed by atoms with van der Waals surface area (Å²) in [6.45, 7) is 11.2. The van der Waals surface area contributed by atoms with E-state index in [1.807, 2.05) is 0 Å². The molecule has 0 spiro atoms. The smallest absolute Gasteiger partial charge is 0.322 e. The number of esters is 1. The summed E-state index contributed by atoms with van der Waals surface area (Å²) in [7, 11) is 1.49. The number of hydrogen-bond donors (Lipinski definition) is 1. The van der Waals surface area contributed by atoms with Gasteiger partial charge in [0.25, 0.3) is 0 Å². The Balaban J connectivity index is 2.76. The zero-order chi connectivity index (χ0) is 15.3. The number of methoxy groups -OCH3 is 1. The first kappa shape index (κ1) is 17.5. The molecule has 0 radical (unpaired) electrons. The molecule has 1 fully saturated rings. The van der Waals surface area contributed by atoms with Crippen molar-refractivity contribution in [1.29, 1.82) is 0 Å². The van der Waals surface area contributed by atoms with Gasteiger partial charge in [0.2, 0.25) is 0 Å². The van der Waals surface area contributed by atoms with E-state index in [0.29, 0.717) is 17.9 Å². The van der Waals surface area contributed by atoms with Gasteiger partial charge in [-0.2, -0.15) is 0 Å². The molecule has 0 aromatic carbocycles. The molecular formula is C17H33NO2. The average Bonchev–Trinajstić information content (AvgIpc) is 2.36. The van der Waals surface area contributed by atoms with Crippen LogP contribution in [0.4, 0.5) is 0 Å². The fourth-order valence-corrected chi connectivity index (χ4v) is 3.47. The zero-order valence-electron chi connectivity index (χ0n) is 14.2. The molecule has 0 aliphatic heterocycles. The lowest BCUT2D eigenvalue weighted by Crippen LogP contribution is -2.51. The molecule has 3 heteroatoms. The van der Waals surface area contributed by atoms with E-state index in [2.05, 4.69) is 39.9 Å². The molecule has 1 rings (SSSR count). The van der Waals surface area contributed by atoms with Crippen LogP contribution in [-0.2, 0) is 9.53 Å². The Hall–Kier alpha value is -0.570. The summed E-state index contributed by atoms with van der Waals surface area (Å²) in [5.41, 5.74) is 0.288. The third-order valence-corrected chi connectivity index (χ3v) is 4.49.